The van der Waals surface area contributed by atoms with Crippen LogP contribution in [0.4, 0.5) is 0 Å². The first-order valence-electron chi connectivity index (χ1n) is 19.7. The van der Waals surface area contributed by atoms with Crippen molar-refractivity contribution in [3.8, 4) is 55.6 Å². The Bertz CT molecular complexity index is 2930. The van der Waals surface area contributed by atoms with E-state index in [4.69, 9.17) is 0 Å². The summed E-state index contributed by atoms with van der Waals surface area (Å²) in [6.45, 7) is 8.89. The Labute approximate surface area is 329 Å². The first-order chi connectivity index (χ1) is 27.4. The van der Waals surface area contributed by atoms with Crippen molar-refractivity contribution in [1.29, 1.82) is 0 Å². The second-order valence-electron chi connectivity index (χ2n) is 15.6. The monoisotopic (exact) mass is 714 g/mol. The Kier molecular flexibility index (Phi) is 8.15. The van der Waals surface area contributed by atoms with Crippen molar-refractivity contribution in [2.24, 2.45) is 0 Å². The molecule has 0 aliphatic carbocycles. The minimum absolute atomic E-state index is 1.22. The van der Waals surface area contributed by atoms with Crippen molar-refractivity contribution >= 4 is 43.1 Å². The van der Waals surface area contributed by atoms with Gasteiger partial charge >= 0.3 is 0 Å². The summed E-state index contributed by atoms with van der Waals surface area (Å²) in [5, 5.41) is 10.2. The van der Waals surface area contributed by atoms with Crippen LogP contribution in [0.3, 0.4) is 0 Å². The number of hydrogen-bond donors (Lipinski definition) is 0. The highest BCUT2D eigenvalue weighted by molar-refractivity contribution is 6.30. The summed E-state index contributed by atoms with van der Waals surface area (Å²) in [7, 11) is 0. The molecular formula is C56H42. The topological polar surface area (TPSA) is 0 Å². The molecule has 0 spiro atoms. The average molecular weight is 715 g/mol. The summed E-state index contributed by atoms with van der Waals surface area (Å²) in [6.07, 6.45) is 0. The third kappa shape index (κ3) is 5.69. The highest BCUT2D eigenvalue weighted by Gasteiger charge is 2.23. The molecule has 0 radical (unpaired) electrons. The molecule has 0 saturated carbocycles. The molecule has 56 heavy (non-hydrogen) atoms. The van der Waals surface area contributed by atoms with Crippen LogP contribution in [0.25, 0.3) is 98.7 Å². The molecule has 0 aliphatic rings. The quantitative estimate of drug-likeness (QED) is 0.156. The zero-order chi connectivity index (χ0) is 37.9. The van der Waals surface area contributed by atoms with E-state index in [1.165, 1.54) is 121 Å². The normalized spacial score (nSPS) is 11.6. The van der Waals surface area contributed by atoms with E-state index < -0.39 is 0 Å². The highest BCUT2D eigenvalue weighted by atomic mass is 14.3. The summed E-state index contributed by atoms with van der Waals surface area (Å²) in [4.78, 5) is 0. The van der Waals surface area contributed by atoms with E-state index in [0.717, 1.165) is 0 Å². The fourth-order valence-electron chi connectivity index (χ4n) is 9.04. The molecule has 266 valence electrons. The Balaban J connectivity index is 1.35. The van der Waals surface area contributed by atoms with E-state index in [9.17, 15) is 0 Å². The van der Waals surface area contributed by atoms with Crippen molar-refractivity contribution in [3.63, 3.8) is 0 Å². The largest absolute Gasteiger partial charge is 0.0622 e. The maximum absolute atomic E-state index is 2.42. The van der Waals surface area contributed by atoms with E-state index in [-0.39, 0.29) is 0 Å². The summed E-state index contributed by atoms with van der Waals surface area (Å²) in [5.41, 5.74) is 17.6. The molecule has 0 nitrogen and oxygen atoms in total. The van der Waals surface area contributed by atoms with Gasteiger partial charge in [0.15, 0.2) is 0 Å². The third-order valence-electron chi connectivity index (χ3n) is 11.6. The summed E-state index contributed by atoms with van der Waals surface area (Å²) < 4.78 is 0. The SMILES string of the molecule is Cc1ccc2c(-c3c4ccc(C)cc4c(-c4cccc(-c5ccccc5)c4)c4ccc(C)cc34)c3cc(C)ccc3c(-c3cccc(-c4ccccc4)c3)c2c1. The molecule has 0 heterocycles. The molecule has 10 aromatic carbocycles. The van der Waals surface area contributed by atoms with E-state index in [2.05, 4.69) is 210 Å². The zero-order valence-corrected chi connectivity index (χ0v) is 32.3. The van der Waals surface area contributed by atoms with Crippen LogP contribution in [0.2, 0.25) is 0 Å². The van der Waals surface area contributed by atoms with E-state index in [1.807, 2.05) is 0 Å². The fraction of sp³-hybridized carbons (Fsp3) is 0.0714. The van der Waals surface area contributed by atoms with Gasteiger partial charge in [-0.2, -0.15) is 0 Å². The van der Waals surface area contributed by atoms with Crippen molar-refractivity contribution in [2.45, 2.75) is 27.7 Å². The van der Waals surface area contributed by atoms with Gasteiger partial charge in [-0.15, -0.1) is 0 Å². The van der Waals surface area contributed by atoms with Crippen LogP contribution in [-0.2, 0) is 0 Å². The van der Waals surface area contributed by atoms with Crippen LogP contribution in [-0.4, -0.2) is 0 Å². The lowest BCUT2D eigenvalue weighted by Gasteiger charge is -2.23. The highest BCUT2D eigenvalue weighted by Crippen LogP contribution is 2.51. The molecular weight excluding hydrogens is 673 g/mol. The van der Waals surface area contributed by atoms with Gasteiger partial charge in [-0.25, -0.2) is 0 Å². The molecule has 10 aromatic rings. The Morgan fingerprint density at radius 3 is 0.839 bits per heavy atom. The van der Waals surface area contributed by atoms with Gasteiger partial charge < -0.3 is 0 Å². The van der Waals surface area contributed by atoms with Gasteiger partial charge in [0.25, 0.3) is 0 Å². The molecule has 0 unspecified atom stereocenters. The van der Waals surface area contributed by atoms with Gasteiger partial charge in [-0.05, 0) is 139 Å². The molecule has 0 amide bonds. The van der Waals surface area contributed by atoms with E-state index in [0.29, 0.717) is 0 Å². The maximum atomic E-state index is 2.42. The Morgan fingerprint density at radius 2 is 0.482 bits per heavy atom. The first kappa shape index (κ1) is 33.8. The van der Waals surface area contributed by atoms with Gasteiger partial charge in [0, 0.05) is 0 Å². The number of rotatable bonds is 5. The van der Waals surface area contributed by atoms with Gasteiger partial charge in [0.1, 0.15) is 0 Å². The van der Waals surface area contributed by atoms with Crippen LogP contribution < -0.4 is 0 Å². The van der Waals surface area contributed by atoms with Crippen molar-refractivity contribution in [2.75, 3.05) is 0 Å². The molecule has 0 bridgehead atoms. The van der Waals surface area contributed by atoms with Gasteiger partial charge in [0.05, 0.1) is 0 Å². The molecule has 0 saturated heterocycles. The van der Waals surface area contributed by atoms with Gasteiger partial charge in [-0.1, -0.05) is 192 Å². The van der Waals surface area contributed by atoms with Crippen LogP contribution in [0.1, 0.15) is 22.3 Å². The van der Waals surface area contributed by atoms with Gasteiger partial charge in [-0.3, -0.25) is 0 Å². The molecule has 0 fully saturated rings. The average Bonchev–Trinajstić information content (AvgIpc) is 3.23. The predicted octanol–water partition coefficient (Wildman–Crippen LogP) is 15.9. The smallest absolute Gasteiger partial charge is 0.00138 e. The van der Waals surface area contributed by atoms with Crippen molar-refractivity contribution in [3.05, 3.63) is 204 Å². The number of hydrogen-bond acceptors (Lipinski definition) is 0. The minimum Gasteiger partial charge on any atom is -0.0622 e. The lowest BCUT2D eigenvalue weighted by molar-refractivity contribution is 1.49. The fourth-order valence-corrected chi connectivity index (χ4v) is 9.04. The lowest BCUT2D eigenvalue weighted by atomic mass is 9.79. The molecule has 0 aromatic heterocycles. The Hall–Kier alpha value is -6.76. The molecule has 0 aliphatic heterocycles. The second-order valence-corrected chi connectivity index (χ2v) is 15.6. The predicted molar refractivity (Wildman–Crippen MR) is 243 cm³/mol. The molecule has 0 atom stereocenters. The van der Waals surface area contributed by atoms with Crippen molar-refractivity contribution in [1.82, 2.24) is 0 Å². The summed E-state index contributed by atoms with van der Waals surface area (Å²) in [6, 6.07) is 68.0. The second kappa shape index (κ2) is 13.5. The first-order valence-corrected chi connectivity index (χ1v) is 19.7. The standard InChI is InChI=1S/C56H42/c1-35-23-27-47-49(29-35)53(43-19-11-17-41(33-43)39-13-7-5-8-14-39)45-25-21-37(3)31-51(45)55(47)56-48-28-24-36(2)30-50(48)54(46-26-22-38(4)32-52(46)56)44-20-12-18-42(34-44)40-15-9-6-10-16-40/h5-34H,1-4H3. The van der Waals surface area contributed by atoms with Crippen LogP contribution in [0, 0.1) is 27.7 Å². The van der Waals surface area contributed by atoms with Gasteiger partial charge in [0.2, 0.25) is 0 Å². The Morgan fingerprint density at radius 1 is 0.196 bits per heavy atom. The molecule has 0 N–H and O–H groups in total. The third-order valence-corrected chi connectivity index (χ3v) is 11.6. The lowest BCUT2D eigenvalue weighted by Crippen LogP contribution is -1.96. The summed E-state index contributed by atoms with van der Waals surface area (Å²) in [5.74, 6) is 0. The minimum atomic E-state index is 1.22. The maximum Gasteiger partial charge on any atom is -0.00138 e. The van der Waals surface area contributed by atoms with Crippen molar-refractivity contribution < 1.29 is 0 Å². The van der Waals surface area contributed by atoms with Crippen LogP contribution in [0.5, 0.6) is 0 Å². The van der Waals surface area contributed by atoms with E-state index in [1.54, 1.807) is 0 Å². The summed E-state index contributed by atoms with van der Waals surface area (Å²) >= 11 is 0. The number of aryl methyl sites for hydroxylation is 4. The number of benzene rings is 10. The molecule has 10 rings (SSSR count). The van der Waals surface area contributed by atoms with Crippen LogP contribution in [0.15, 0.2) is 182 Å². The van der Waals surface area contributed by atoms with E-state index >= 15 is 0 Å². The zero-order valence-electron chi connectivity index (χ0n) is 32.3. The number of fused-ring (bicyclic) bond motifs is 4. The molecule has 0 heteroatoms. The van der Waals surface area contributed by atoms with Crippen LogP contribution >= 0.6 is 0 Å².